The topological polar surface area (TPSA) is 94.5 Å². The van der Waals surface area contributed by atoms with Crippen molar-refractivity contribution >= 4 is 5.91 Å². The molecule has 8 nitrogen and oxygen atoms in total. The van der Waals surface area contributed by atoms with E-state index in [0.29, 0.717) is 48.8 Å². The summed E-state index contributed by atoms with van der Waals surface area (Å²) < 4.78 is 16.6. The molecule has 2 aromatic rings. The number of aromatic nitrogens is 3. The van der Waals surface area contributed by atoms with Gasteiger partial charge in [0.2, 0.25) is 5.89 Å². The van der Waals surface area contributed by atoms with Crippen LogP contribution >= 0.6 is 0 Å². The van der Waals surface area contributed by atoms with E-state index in [9.17, 15) is 4.79 Å². The molecule has 0 aromatic carbocycles. The van der Waals surface area contributed by atoms with Gasteiger partial charge in [0, 0.05) is 31.0 Å². The maximum absolute atomic E-state index is 12.6. The molecular weight excluding hydrogens is 324 g/mol. The molecule has 1 aliphatic carbocycles. The molecule has 0 spiro atoms. The SMILES string of the molecule is Cc1noc(C[C@H]2C[C@H]3CN(C(=O)c4cc(C5CC5)on4)C[C@H]3O2)n1. The average molecular weight is 344 g/mol. The summed E-state index contributed by atoms with van der Waals surface area (Å²) in [5.41, 5.74) is 0.416. The van der Waals surface area contributed by atoms with Gasteiger partial charge in [0.15, 0.2) is 11.5 Å². The fraction of sp³-hybridized carbons (Fsp3) is 0.647. The van der Waals surface area contributed by atoms with Gasteiger partial charge in [0.1, 0.15) is 5.76 Å². The summed E-state index contributed by atoms with van der Waals surface area (Å²) in [6.45, 7) is 3.11. The number of carbonyl (C=O) groups is 1. The summed E-state index contributed by atoms with van der Waals surface area (Å²) in [6.07, 6.45) is 3.96. The van der Waals surface area contributed by atoms with Gasteiger partial charge in [-0.25, -0.2) is 0 Å². The molecule has 2 saturated heterocycles. The van der Waals surface area contributed by atoms with Crippen LogP contribution in [0.4, 0.5) is 0 Å². The van der Waals surface area contributed by atoms with Crippen LogP contribution in [0.1, 0.15) is 53.1 Å². The van der Waals surface area contributed by atoms with Gasteiger partial charge in [-0.15, -0.1) is 0 Å². The number of likely N-dealkylation sites (tertiary alicyclic amines) is 1. The molecule has 3 fully saturated rings. The van der Waals surface area contributed by atoms with E-state index >= 15 is 0 Å². The molecule has 25 heavy (non-hydrogen) atoms. The smallest absolute Gasteiger partial charge is 0.276 e. The van der Waals surface area contributed by atoms with Crippen LogP contribution in [0.5, 0.6) is 0 Å². The third-order valence-electron chi connectivity index (χ3n) is 5.30. The second-order valence-corrected chi connectivity index (χ2v) is 7.33. The Labute approximate surface area is 144 Å². The molecule has 5 rings (SSSR count). The Balaban J connectivity index is 1.19. The molecule has 2 aromatic heterocycles. The second kappa shape index (κ2) is 5.66. The van der Waals surface area contributed by atoms with Gasteiger partial charge < -0.3 is 18.7 Å². The van der Waals surface area contributed by atoms with Crippen molar-refractivity contribution in [2.24, 2.45) is 5.92 Å². The number of rotatable bonds is 4. The third kappa shape index (κ3) is 2.84. The highest BCUT2D eigenvalue weighted by Gasteiger charge is 2.44. The maximum atomic E-state index is 12.6. The zero-order chi connectivity index (χ0) is 17.0. The summed E-state index contributed by atoms with van der Waals surface area (Å²) in [6, 6.07) is 1.80. The molecular formula is C17H20N4O4. The molecule has 3 atom stereocenters. The van der Waals surface area contributed by atoms with Crippen molar-refractivity contribution in [2.75, 3.05) is 13.1 Å². The van der Waals surface area contributed by atoms with Crippen LogP contribution in [0.25, 0.3) is 0 Å². The van der Waals surface area contributed by atoms with E-state index in [1.165, 1.54) is 0 Å². The molecule has 8 heteroatoms. The van der Waals surface area contributed by atoms with Gasteiger partial charge in [-0.3, -0.25) is 4.79 Å². The lowest BCUT2D eigenvalue weighted by atomic mass is 10.0. The van der Waals surface area contributed by atoms with E-state index in [1.807, 2.05) is 4.90 Å². The van der Waals surface area contributed by atoms with Crippen molar-refractivity contribution in [2.45, 2.75) is 50.7 Å². The number of nitrogens with zero attached hydrogens (tertiary/aromatic N) is 4. The first-order valence-corrected chi connectivity index (χ1v) is 8.86. The number of amides is 1. The van der Waals surface area contributed by atoms with Gasteiger partial charge in [0.25, 0.3) is 5.91 Å². The summed E-state index contributed by atoms with van der Waals surface area (Å²) in [5.74, 6) is 2.86. The highest BCUT2D eigenvalue weighted by molar-refractivity contribution is 5.92. The minimum atomic E-state index is -0.0577. The van der Waals surface area contributed by atoms with Crippen LogP contribution in [0.2, 0.25) is 0 Å². The fourth-order valence-corrected chi connectivity index (χ4v) is 3.89. The lowest BCUT2D eigenvalue weighted by Gasteiger charge is -2.17. The predicted molar refractivity (Wildman–Crippen MR) is 83.9 cm³/mol. The van der Waals surface area contributed by atoms with E-state index < -0.39 is 0 Å². The first-order chi connectivity index (χ1) is 12.2. The molecule has 0 bridgehead atoms. The highest BCUT2D eigenvalue weighted by atomic mass is 16.5. The molecule has 2 aliphatic heterocycles. The van der Waals surface area contributed by atoms with Crippen LogP contribution in [0, 0.1) is 12.8 Å². The van der Waals surface area contributed by atoms with Crippen molar-refractivity contribution < 1.29 is 18.6 Å². The number of hydrogen-bond donors (Lipinski definition) is 0. The van der Waals surface area contributed by atoms with Crippen molar-refractivity contribution in [1.29, 1.82) is 0 Å². The first kappa shape index (κ1) is 15.1. The Morgan fingerprint density at radius 2 is 2.16 bits per heavy atom. The molecule has 132 valence electrons. The van der Waals surface area contributed by atoms with E-state index in [1.54, 1.807) is 13.0 Å². The van der Waals surface area contributed by atoms with Gasteiger partial charge >= 0.3 is 0 Å². The average Bonchev–Trinajstić information content (AvgIpc) is 2.93. The monoisotopic (exact) mass is 344 g/mol. The summed E-state index contributed by atoms with van der Waals surface area (Å²) in [5, 5.41) is 7.76. The third-order valence-corrected chi connectivity index (χ3v) is 5.30. The van der Waals surface area contributed by atoms with Crippen molar-refractivity contribution in [1.82, 2.24) is 20.2 Å². The van der Waals surface area contributed by atoms with Gasteiger partial charge in [-0.1, -0.05) is 10.3 Å². The van der Waals surface area contributed by atoms with Crippen LogP contribution < -0.4 is 0 Å². The van der Waals surface area contributed by atoms with E-state index in [0.717, 1.165) is 25.0 Å². The van der Waals surface area contributed by atoms with Gasteiger partial charge in [-0.05, 0) is 26.2 Å². The minimum absolute atomic E-state index is 0.0577. The summed E-state index contributed by atoms with van der Waals surface area (Å²) in [4.78, 5) is 18.7. The first-order valence-electron chi connectivity index (χ1n) is 8.86. The number of fused-ring (bicyclic) bond motifs is 1. The Hall–Kier alpha value is -2.22. The lowest BCUT2D eigenvalue weighted by Crippen LogP contribution is -2.31. The molecule has 3 aliphatic rings. The zero-order valence-corrected chi connectivity index (χ0v) is 14.1. The standard InChI is InChI=1S/C17H20N4O4/c1-9-18-16(25-19-9)5-12-4-11-7-21(8-15(11)23-12)17(22)13-6-14(24-20-13)10-2-3-10/h6,10-12,15H,2-5,7-8H2,1H3/t11-,12+,15+/m0/s1. The quantitative estimate of drug-likeness (QED) is 0.833. The summed E-state index contributed by atoms with van der Waals surface area (Å²) in [7, 11) is 0. The van der Waals surface area contributed by atoms with Crippen LogP contribution in [-0.2, 0) is 11.2 Å². The minimum Gasteiger partial charge on any atom is -0.372 e. The Kier molecular flexibility index (Phi) is 3.41. The maximum Gasteiger partial charge on any atom is 0.276 e. The van der Waals surface area contributed by atoms with Crippen LogP contribution in [0.3, 0.4) is 0 Å². The normalized spacial score (nSPS) is 28.5. The molecule has 4 heterocycles. The Morgan fingerprint density at radius 1 is 1.28 bits per heavy atom. The molecule has 1 saturated carbocycles. The largest absolute Gasteiger partial charge is 0.372 e. The summed E-state index contributed by atoms with van der Waals surface area (Å²) >= 11 is 0. The van der Waals surface area contributed by atoms with Crippen LogP contribution in [-0.4, -0.2) is 51.4 Å². The van der Waals surface area contributed by atoms with Crippen molar-refractivity contribution in [3.05, 3.63) is 29.2 Å². The number of hydrogen-bond acceptors (Lipinski definition) is 7. The molecule has 1 amide bonds. The van der Waals surface area contributed by atoms with E-state index in [2.05, 4.69) is 15.3 Å². The Bertz CT molecular complexity index is 782. The van der Waals surface area contributed by atoms with E-state index in [4.69, 9.17) is 13.8 Å². The number of aryl methyl sites for hydroxylation is 1. The molecule has 0 radical (unpaired) electrons. The second-order valence-electron chi connectivity index (χ2n) is 7.33. The zero-order valence-electron chi connectivity index (χ0n) is 14.1. The highest BCUT2D eigenvalue weighted by Crippen LogP contribution is 2.40. The predicted octanol–water partition coefficient (Wildman–Crippen LogP) is 1.72. The lowest BCUT2D eigenvalue weighted by molar-refractivity contribution is 0.0328. The number of ether oxygens (including phenoxy) is 1. The van der Waals surface area contributed by atoms with Crippen LogP contribution in [0.15, 0.2) is 15.1 Å². The van der Waals surface area contributed by atoms with Crippen molar-refractivity contribution in [3.63, 3.8) is 0 Å². The van der Waals surface area contributed by atoms with Gasteiger partial charge in [-0.2, -0.15) is 4.98 Å². The molecule has 0 unspecified atom stereocenters. The van der Waals surface area contributed by atoms with E-state index in [-0.39, 0.29) is 18.1 Å². The fourth-order valence-electron chi connectivity index (χ4n) is 3.89. The number of carbonyl (C=O) groups excluding carboxylic acids is 1. The Morgan fingerprint density at radius 3 is 2.88 bits per heavy atom. The molecule has 0 N–H and O–H groups in total. The van der Waals surface area contributed by atoms with Crippen molar-refractivity contribution in [3.8, 4) is 0 Å². The van der Waals surface area contributed by atoms with Gasteiger partial charge in [0.05, 0.1) is 18.6 Å².